The number of carbonyl (C=O) groups is 1. The monoisotopic (exact) mass is 273 g/mol. The molecule has 1 aromatic heterocycles. The second-order valence-corrected chi connectivity index (χ2v) is 5.14. The molecule has 1 aliphatic rings. The molecule has 2 heterocycles. The number of carbonyl (C=O) groups excluding carboxylic acids is 1. The lowest BCUT2D eigenvalue weighted by Crippen LogP contribution is -2.31. The summed E-state index contributed by atoms with van der Waals surface area (Å²) in [4.78, 5) is 14.0. The number of nitrogens with one attached hydrogen (secondary N) is 1. The number of furan rings is 1. The summed E-state index contributed by atoms with van der Waals surface area (Å²) in [6.45, 7) is 4.32. The highest BCUT2D eigenvalue weighted by Gasteiger charge is 2.16. The molecule has 0 atom stereocenters. The highest BCUT2D eigenvalue weighted by Crippen LogP contribution is 2.16. The van der Waals surface area contributed by atoms with Crippen molar-refractivity contribution in [1.82, 2.24) is 10.2 Å². The van der Waals surface area contributed by atoms with Crippen LogP contribution in [0.3, 0.4) is 0 Å². The number of hydrogen-bond acceptors (Lipinski definition) is 4. The molecule has 106 valence electrons. The first-order chi connectivity index (χ1) is 9.69. The number of piperidine rings is 1. The van der Waals surface area contributed by atoms with Crippen LogP contribution in [0.1, 0.15) is 25.5 Å². The van der Waals surface area contributed by atoms with Gasteiger partial charge in [0.2, 0.25) is 0 Å². The molecule has 20 heavy (non-hydrogen) atoms. The van der Waals surface area contributed by atoms with Gasteiger partial charge in [0.15, 0.2) is 0 Å². The van der Waals surface area contributed by atoms with Gasteiger partial charge in [0.05, 0.1) is 12.8 Å². The second kappa shape index (κ2) is 6.80. The van der Waals surface area contributed by atoms with Crippen molar-refractivity contribution in [1.29, 1.82) is 5.26 Å². The molecule has 1 aliphatic heterocycles. The molecule has 1 N–H and O–H groups in total. The van der Waals surface area contributed by atoms with Gasteiger partial charge in [-0.15, -0.1) is 0 Å². The van der Waals surface area contributed by atoms with Gasteiger partial charge in [0.1, 0.15) is 17.4 Å². The maximum absolute atomic E-state index is 11.9. The molecule has 0 radical (unpaired) electrons. The van der Waals surface area contributed by atoms with Gasteiger partial charge in [0.25, 0.3) is 5.91 Å². The van der Waals surface area contributed by atoms with Crippen LogP contribution >= 0.6 is 0 Å². The van der Waals surface area contributed by atoms with E-state index in [1.54, 1.807) is 24.6 Å². The molecule has 0 unspecified atom stereocenters. The number of hydrogen-bond donors (Lipinski definition) is 1. The van der Waals surface area contributed by atoms with Crippen molar-refractivity contribution in [2.45, 2.75) is 26.3 Å². The predicted molar refractivity (Wildman–Crippen MR) is 74.2 cm³/mol. The summed E-state index contributed by atoms with van der Waals surface area (Å²) in [5.74, 6) is 1.03. The van der Waals surface area contributed by atoms with Gasteiger partial charge in [-0.05, 0) is 30.9 Å². The second-order valence-electron chi connectivity index (χ2n) is 5.14. The Morgan fingerprint density at radius 1 is 1.60 bits per heavy atom. The Morgan fingerprint density at radius 3 is 2.95 bits per heavy atom. The zero-order valence-corrected chi connectivity index (χ0v) is 11.6. The van der Waals surface area contributed by atoms with Crippen molar-refractivity contribution in [2.75, 3.05) is 13.1 Å². The van der Waals surface area contributed by atoms with Crippen molar-refractivity contribution < 1.29 is 9.21 Å². The SMILES string of the molecule is CC1CCN(/C=C(/C#N)C(=O)NCc2ccco2)CC1. The van der Waals surface area contributed by atoms with E-state index < -0.39 is 0 Å². The fourth-order valence-corrected chi connectivity index (χ4v) is 2.15. The first kappa shape index (κ1) is 14.2. The largest absolute Gasteiger partial charge is 0.467 e. The minimum atomic E-state index is -0.359. The lowest BCUT2D eigenvalue weighted by Gasteiger charge is -2.29. The van der Waals surface area contributed by atoms with E-state index in [4.69, 9.17) is 9.68 Å². The summed E-state index contributed by atoms with van der Waals surface area (Å²) in [6, 6.07) is 5.51. The van der Waals surface area contributed by atoms with Crippen LogP contribution in [0.25, 0.3) is 0 Å². The summed E-state index contributed by atoms with van der Waals surface area (Å²) < 4.78 is 5.13. The normalized spacial score (nSPS) is 16.8. The molecule has 1 saturated heterocycles. The van der Waals surface area contributed by atoms with Crippen LogP contribution in [-0.2, 0) is 11.3 Å². The van der Waals surface area contributed by atoms with Gasteiger partial charge in [-0.3, -0.25) is 4.79 Å². The Hall–Kier alpha value is -2.22. The van der Waals surface area contributed by atoms with Gasteiger partial charge in [0, 0.05) is 19.3 Å². The number of amides is 1. The van der Waals surface area contributed by atoms with Crippen LogP contribution in [0, 0.1) is 17.2 Å². The highest BCUT2D eigenvalue weighted by atomic mass is 16.3. The molecule has 0 aliphatic carbocycles. The van der Waals surface area contributed by atoms with Gasteiger partial charge in [-0.2, -0.15) is 5.26 Å². The molecule has 1 aromatic rings. The Bertz CT molecular complexity index is 506. The van der Waals surface area contributed by atoms with Crippen LogP contribution in [0.4, 0.5) is 0 Å². The number of likely N-dealkylation sites (tertiary alicyclic amines) is 1. The molecule has 0 bridgehead atoms. The average molecular weight is 273 g/mol. The van der Waals surface area contributed by atoms with Crippen LogP contribution in [-0.4, -0.2) is 23.9 Å². The molecule has 5 nitrogen and oxygen atoms in total. The van der Waals surface area contributed by atoms with E-state index in [0.717, 1.165) is 31.8 Å². The zero-order valence-electron chi connectivity index (χ0n) is 11.6. The van der Waals surface area contributed by atoms with Crippen molar-refractivity contribution in [3.8, 4) is 6.07 Å². The molecule has 0 saturated carbocycles. The van der Waals surface area contributed by atoms with Crippen LogP contribution < -0.4 is 5.32 Å². The molecule has 1 fully saturated rings. The van der Waals surface area contributed by atoms with Gasteiger partial charge in [-0.25, -0.2) is 0 Å². The molecular formula is C15H19N3O2. The minimum Gasteiger partial charge on any atom is -0.467 e. The first-order valence-corrected chi connectivity index (χ1v) is 6.85. The number of nitrogens with zero attached hydrogens (tertiary/aromatic N) is 2. The Kier molecular flexibility index (Phi) is 4.83. The summed E-state index contributed by atoms with van der Waals surface area (Å²) >= 11 is 0. The standard InChI is InChI=1S/C15H19N3O2/c1-12-4-6-18(7-5-12)11-13(9-16)15(19)17-10-14-3-2-8-20-14/h2-3,8,11-12H,4-7,10H2,1H3,(H,17,19)/b13-11-. The summed E-state index contributed by atoms with van der Waals surface area (Å²) in [7, 11) is 0. The van der Waals surface area contributed by atoms with E-state index in [2.05, 4.69) is 12.2 Å². The third-order valence-corrected chi connectivity index (χ3v) is 3.50. The Morgan fingerprint density at radius 2 is 2.35 bits per heavy atom. The zero-order chi connectivity index (χ0) is 14.4. The van der Waals surface area contributed by atoms with Crippen LogP contribution in [0.2, 0.25) is 0 Å². The fraction of sp³-hybridized carbons (Fsp3) is 0.467. The number of nitriles is 1. The molecular weight excluding hydrogens is 254 g/mol. The Balaban J connectivity index is 1.90. The van der Waals surface area contributed by atoms with E-state index in [-0.39, 0.29) is 11.5 Å². The van der Waals surface area contributed by atoms with E-state index in [1.165, 1.54) is 0 Å². The van der Waals surface area contributed by atoms with E-state index in [9.17, 15) is 4.79 Å². The van der Waals surface area contributed by atoms with Crippen molar-refractivity contribution in [2.24, 2.45) is 5.92 Å². The molecule has 5 heteroatoms. The lowest BCUT2D eigenvalue weighted by molar-refractivity contribution is -0.117. The fourth-order valence-electron chi connectivity index (χ4n) is 2.15. The average Bonchev–Trinajstić information content (AvgIpc) is 2.97. The van der Waals surface area contributed by atoms with Gasteiger partial charge < -0.3 is 14.6 Å². The topological polar surface area (TPSA) is 69.3 Å². The summed E-state index contributed by atoms with van der Waals surface area (Å²) in [5.41, 5.74) is 0.145. The highest BCUT2D eigenvalue weighted by molar-refractivity contribution is 5.97. The van der Waals surface area contributed by atoms with Crippen LogP contribution in [0.5, 0.6) is 0 Å². The molecule has 1 amide bonds. The van der Waals surface area contributed by atoms with Gasteiger partial charge in [-0.1, -0.05) is 6.92 Å². The third kappa shape index (κ3) is 3.89. The van der Waals surface area contributed by atoms with Crippen molar-refractivity contribution >= 4 is 5.91 Å². The smallest absolute Gasteiger partial charge is 0.263 e. The molecule has 0 aromatic carbocycles. The molecule has 2 rings (SSSR count). The number of rotatable bonds is 4. The van der Waals surface area contributed by atoms with E-state index in [0.29, 0.717) is 12.3 Å². The quantitative estimate of drug-likeness (QED) is 0.673. The minimum absolute atomic E-state index is 0.145. The van der Waals surface area contributed by atoms with E-state index in [1.807, 2.05) is 11.0 Å². The van der Waals surface area contributed by atoms with Crippen molar-refractivity contribution in [3.63, 3.8) is 0 Å². The summed E-state index contributed by atoms with van der Waals surface area (Å²) in [5, 5.41) is 11.8. The van der Waals surface area contributed by atoms with E-state index >= 15 is 0 Å². The maximum Gasteiger partial charge on any atom is 0.263 e. The maximum atomic E-state index is 11.9. The van der Waals surface area contributed by atoms with Crippen molar-refractivity contribution in [3.05, 3.63) is 35.9 Å². The lowest BCUT2D eigenvalue weighted by atomic mass is 9.99. The first-order valence-electron chi connectivity index (χ1n) is 6.85. The Labute approximate surface area is 118 Å². The third-order valence-electron chi connectivity index (χ3n) is 3.50. The predicted octanol–water partition coefficient (Wildman–Crippen LogP) is 2.04. The van der Waals surface area contributed by atoms with Gasteiger partial charge >= 0.3 is 0 Å². The molecule has 0 spiro atoms. The van der Waals surface area contributed by atoms with Crippen LogP contribution in [0.15, 0.2) is 34.6 Å². The summed E-state index contributed by atoms with van der Waals surface area (Å²) in [6.07, 6.45) is 5.42.